The second-order valence-electron chi connectivity index (χ2n) is 8.00. The third-order valence-corrected chi connectivity index (χ3v) is 5.97. The van der Waals surface area contributed by atoms with Crippen LogP contribution in [0.2, 0.25) is 5.02 Å². The zero-order chi connectivity index (χ0) is 24.4. The molecule has 0 spiro atoms. The van der Waals surface area contributed by atoms with Gasteiger partial charge in [0.1, 0.15) is 23.0 Å². The number of furan rings is 1. The lowest BCUT2D eigenvalue weighted by Crippen LogP contribution is -2.29. The van der Waals surface area contributed by atoms with Crippen LogP contribution in [0.5, 0.6) is 11.5 Å². The van der Waals surface area contributed by atoms with Crippen molar-refractivity contribution in [2.24, 2.45) is 0 Å². The third-order valence-electron chi connectivity index (χ3n) is 5.72. The molecule has 1 fully saturated rings. The molecule has 1 saturated heterocycles. The summed E-state index contributed by atoms with van der Waals surface area (Å²) in [6.45, 7) is 0.0589. The van der Waals surface area contributed by atoms with E-state index in [1.807, 2.05) is 30.3 Å². The number of carbonyl (C=O) groups is 2. The molecule has 1 amide bonds. The molecule has 2 heterocycles. The summed E-state index contributed by atoms with van der Waals surface area (Å²) in [4.78, 5) is 27.7. The summed E-state index contributed by atoms with van der Waals surface area (Å²) in [6, 6.07) is 25.4. The van der Waals surface area contributed by atoms with Gasteiger partial charge in [0.15, 0.2) is 0 Å². The van der Waals surface area contributed by atoms with Crippen LogP contribution in [0.3, 0.4) is 0 Å². The van der Waals surface area contributed by atoms with Crippen molar-refractivity contribution in [3.8, 4) is 11.5 Å². The van der Waals surface area contributed by atoms with Crippen molar-refractivity contribution in [3.05, 3.63) is 125 Å². The van der Waals surface area contributed by atoms with E-state index in [0.717, 1.165) is 0 Å². The van der Waals surface area contributed by atoms with Gasteiger partial charge in [-0.3, -0.25) is 9.59 Å². The van der Waals surface area contributed by atoms with E-state index in [4.69, 9.17) is 20.8 Å². The lowest BCUT2D eigenvalue weighted by atomic mass is 9.95. The summed E-state index contributed by atoms with van der Waals surface area (Å²) in [5.41, 5.74) is 0.979. The van der Waals surface area contributed by atoms with Crippen molar-refractivity contribution in [1.29, 1.82) is 0 Å². The maximum absolute atomic E-state index is 13.2. The number of Topliss-reactive ketones (excluding diaryl/α,β-unsaturated/α-hetero) is 1. The number of carbonyl (C=O) groups excluding carboxylic acids is 2. The Bertz CT molecular complexity index is 1400. The van der Waals surface area contributed by atoms with Crippen LogP contribution >= 0.6 is 11.6 Å². The summed E-state index contributed by atoms with van der Waals surface area (Å²) in [5, 5.41) is 11.6. The molecule has 35 heavy (non-hydrogen) atoms. The monoisotopic (exact) mass is 485 g/mol. The number of rotatable bonds is 6. The van der Waals surface area contributed by atoms with Crippen molar-refractivity contribution in [1.82, 2.24) is 4.90 Å². The quantitative estimate of drug-likeness (QED) is 0.195. The number of aliphatic hydroxyl groups excluding tert-OH is 1. The number of hydrogen-bond donors (Lipinski definition) is 1. The van der Waals surface area contributed by atoms with Gasteiger partial charge in [0.25, 0.3) is 11.7 Å². The molecular weight excluding hydrogens is 466 g/mol. The Balaban J connectivity index is 1.61. The lowest BCUT2D eigenvalue weighted by Gasteiger charge is -2.25. The zero-order valence-corrected chi connectivity index (χ0v) is 19.2. The number of nitrogens with zero attached hydrogens (tertiary/aromatic N) is 1. The Kier molecular flexibility index (Phi) is 6.12. The first-order chi connectivity index (χ1) is 17.0. The van der Waals surface area contributed by atoms with Crippen LogP contribution < -0.4 is 4.74 Å². The normalized spacial score (nSPS) is 17.1. The van der Waals surface area contributed by atoms with Crippen LogP contribution in [0, 0.1) is 0 Å². The Hall–Kier alpha value is -4.29. The first-order valence-corrected chi connectivity index (χ1v) is 11.3. The van der Waals surface area contributed by atoms with Crippen molar-refractivity contribution >= 4 is 29.1 Å². The summed E-state index contributed by atoms with van der Waals surface area (Å²) >= 11 is 5.99. The second-order valence-corrected chi connectivity index (χ2v) is 8.44. The number of amides is 1. The number of ether oxygens (including phenoxy) is 1. The highest BCUT2D eigenvalue weighted by atomic mass is 35.5. The van der Waals surface area contributed by atoms with Crippen LogP contribution in [0.1, 0.15) is 22.9 Å². The Morgan fingerprint density at radius 2 is 1.66 bits per heavy atom. The molecule has 6 nitrogen and oxygen atoms in total. The van der Waals surface area contributed by atoms with Gasteiger partial charge in [-0.25, -0.2) is 0 Å². The van der Waals surface area contributed by atoms with Gasteiger partial charge in [-0.2, -0.15) is 0 Å². The van der Waals surface area contributed by atoms with Crippen molar-refractivity contribution < 1.29 is 23.8 Å². The van der Waals surface area contributed by atoms with E-state index in [1.54, 1.807) is 60.7 Å². The molecule has 1 aliphatic heterocycles. The highest BCUT2D eigenvalue weighted by Gasteiger charge is 2.46. The van der Waals surface area contributed by atoms with Crippen molar-refractivity contribution in [2.45, 2.75) is 12.6 Å². The van der Waals surface area contributed by atoms with Gasteiger partial charge in [0.05, 0.1) is 24.4 Å². The van der Waals surface area contributed by atoms with Crippen molar-refractivity contribution in [3.63, 3.8) is 0 Å². The van der Waals surface area contributed by atoms with Gasteiger partial charge in [-0.15, -0.1) is 0 Å². The zero-order valence-electron chi connectivity index (χ0n) is 18.4. The summed E-state index contributed by atoms with van der Waals surface area (Å²) in [7, 11) is 0. The fourth-order valence-electron chi connectivity index (χ4n) is 4.10. The van der Waals surface area contributed by atoms with E-state index in [2.05, 4.69) is 0 Å². The van der Waals surface area contributed by atoms with E-state index in [9.17, 15) is 14.7 Å². The average molecular weight is 486 g/mol. The van der Waals surface area contributed by atoms with Crippen molar-refractivity contribution in [2.75, 3.05) is 0 Å². The highest BCUT2D eigenvalue weighted by molar-refractivity contribution is 6.46. The number of ketones is 1. The Labute approximate surface area is 206 Å². The summed E-state index contributed by atoms with van der Waals surface area (Å²) in [5.74, 6) is -0.0830. The first-order valence-electron chi connectivity index (χ1n) is 10.9. The van der Waals surface area contributed by atoms with Gasteiger partial charge in [-0.1, -0.05) is 41.9 Å². The standard InChI is InChI=1S/C28H20ClNO5/c29-20-13-11-18(12-14-20)26(31)24-25(30(28(33)27(24)32)17-23-10-5-15-34-23)19-6-4-9-22(16-19)35-21-7-2-1-3-8-21/h1-16,25,31H,17H2. The largest absolute Gasteiger partial charge is 0.507 e. The van der Waals surface area contributed by atoms with Gasteiger partial charge >= 0.3 is 0 Å². The molecule has 4 aromatic rings. The van der Waals surface area contributed by atoms with Gasteiger partial charge in [-0.05, 0) is 66.2 Å². The molecule has 0 radical (unpaired) electrons. The van der Waals surface area contributed by atoms with E-state index in [1.165, 1.54) is 11.2 Å². The van der Waals surface area contributed by atoms with Crippen LogP contribution in [-0.2, 0) is 16.1 Å². The number of aliphatic hydroxyl groups is 1. The molecule has 1 N–H and O–H groups in total. The molecular formula is C28H20ClNO5. The molecule has 0 saturated carbocycles. The van der Waals surface area contributed by atoms with Crippen LogP contribution in [0.25, 0.3) is 5.76 Å². The smallest absolute Gasteiger partial charge is 0.296 e. The molecule has 174 valence electrons. The molecule has 7 heteroatoms. The van der Waals surface area contributed by atoms with Crippen LogP contribution in [0.4, 0.5) is 0 Å². The number of para-hydroxylation sites is 1. The minimum Gasteiger partial charge on any atom is -0.507 e. The Morgan fingerprint density at radius 3 is 2.37 bits per heavy atom. The van der Waals surface area contributed by atoms with E-state index in [-0.39, 0.29) is 17.9 Å². The molecule has 1 atom stereocenters. The fourth-order valence-corrected chi connectivity index (χ4v) is 4.22. The SMILES string of the molecule is O=C1C(=O)N(Cc2ccco2)C(c2cccc(Oc3ccccc3)c2)C1=C(O)c1ccc(Cl)cc1. The minimum absolute atomic E-state index is 0.0132. The fraction of sp³-hybridized carbons (Fsp3) is 0.0714. The van der Waals surface area contributed by atoms with E-state index in [0.29, 0.717) is 33.4 Å². The lowest BCUT2D eigenvalue weighted by molar-refractivity contribution is -0.140. The Morgan fingerprint density at radius 1 is 0.914 bits per heavy atom. The topological polar surface area (TPSA) is 80.0 Å². The van der Waals surface area contributed by atoms with E-state index >= 15 is 0 Å². The predicted molar refractivity (Wildman–Crippen MR) is 131 cm³/mol. The highest BCUT2D eigenvalue weighted by Crippen LogP contribution is 2.41. The molecule has 1 aliphatic rings. The predicted octanol–water partition coefficient (Wildman–Crippen LogP) is 6.35. The molecule has 3 aromatic carbocycles. The molecule has 5 rings (SSSR count). The molecule has 1 unspecified atom stereocenters. The van der Waals surface area contributed by atoms with Gasteiger partial charge < -0.3 is 19.2 Å². The molecule has 0 bridgehead atoms. The maximum Gasteiger partial charge on any atom is 0.296 e. The molecule has 1 aromatic heterocycles. The van der Waals surface area contributed by atoms with E-state index < -0.39 is 17.7 Å². The first kappa shape index (κ1) is 22.5. The number of halogens is 1. The number of benzene rings is 3. The second kappa shape index (κ2) is 9.52. The third kappa shape index (κ3) is 4.56. The van der Waals surface area contributed by atoms with Crippen LogP contribution in [0.15, 0.2) is 107 Å². The number of likely N-dealkylation sites (tertiary alicyclic amines) is 1. The maximum atomic E-state index is 13.2. The molecule has 0 aliphatic carbocycles. The number of hydrogen-bond acceptors (Lipinski definition) is 5. The van der Waals surface area contributed by atoms with Gasteiger partial charge in [0.2, 0.25) is 0 Å². The summed E-state index contributed by atoms with van der Waals surface area (Å²) < 4.78 is 11.4. The summed E-state index contributed by atoms with van der Waals surface area (Å²) in [6.07, 6.45) is 1.50. The average Bonchev–Trinajstić information content (AvgIpc) is 3.47. The van der Waals surface area contributed by atoms with Crippen LogP contribution in [-0.4, -0.2) is 21.7 Å². The minimum atomic E-state index is -0.852. The van der Waals surface area contributed by atoms with Gasteiger partial charge in [0, 0.05) is 10.6 Å².